The minimum Gasteiger partial charge on any atom is -0.207 e. The molecule has 0 unspecified atom stereocenters. The molecule has 0 radical (unpaired) electrons. The molecule has 0 atom stereocenters. The number of rotatable bonds is 1. The second-order valence-corrected chi connectivity index (χ2v) is 5.56. The van der Waals surface area contributed by atoms with E-state index in [9.17, 15) is 12.8 Å². The van der Waals surface area contributed by atoms with Crippen LogP contribution in [0.15, 0.2) is 41.3 Å². The van der Waals surface area contributed by atoms with E-state index in [-0.39, 0.29) is 10.3 Å². The van der Waals surface area contributed by atoms with Crippen LogP contribution >= 0.6 is 10.7 Å². The average molecular weight is 245 g/mol. The van der Waals surface area contributed by atoms with Gasteiger partial charge in [0.25, 0.3) is 9.05 Å². The fourth-order valence-corrected chi connectivity index (χ4v) is 2.54. The maximum absolute atomic E-state index is 13.3. The molecular weight excluding hydrogens is 239 g/mol. The molecule has 0 saturated carbocycles. The fraction of sp³-hybridized carbons (Fsp3) is 0. The van der Waals surface area contributed by atoms with Crippen LogP contribution in [-0.4, -0.2) is 8.42 Å². The molecule has 78 valence electrons. The van der Waals surface area contributed by atoms with Gasteiger partial charge in [0.2, 0.25) is 0 Å². The highest BCUT2D eigenvalue weighted by Gasteiger charge is 2.14. The maximum Gasteiger partial charge on any atom is 0.261 e. The lowest BCUT2D eigenvalue weighted by Crippen LogP contribution is -1.92. The third-order valence-corrected chi connectivity index (χ3v) is 3.47. The Bertz CT molecular complexity index is 622. The fourth-order valence-electron chi connectivity index (χ4n) is 1.46. The van der Waals surface area contributed by atoms with Gasteiger partial charge in [0.1, 0.15) is 5.82 Å². The highest BCUT2D eigenvalue weighted by Crippen LogP contribution is 2.26. The van der Waals surface area contributed by atoms with Crippen molar-refractivity contribution in [1.29, 1.82) is 0 Å². The van der Waals surface area contributed by atoms with E-state index < -0.39 is 14.9 Å². The van der Waals surface area contributed by atoms with Crippen molar-refractivity contribution < 1.29 is 12.8 Å². The van der Waals surface area contributed by atoms with Crippen molar-refractivity contribution in [2.75, 3.05) is 0 Å². The molecule has 2 nitrogen and oxygen atoms in total. The summed E-state index contributed by atoms with van der Waals surface area (Å²) in [5, 5.41) is 0.548. The van der Waals surface area contributed by atoms with E-state index in [0.29, 0.717) is 5.39 Å². The second-order valence-electron chi connectivity index (χ2n) is 3.03. The Kier molecular flexibility index (Phi) is 2.40. The first-order chi connectivity index (χ1) is 7.00. The lowest BCUT2D eigenvalue weighted by Gasteiger charge is -2.03. The van der Waals surface area contributed by atoms with E-state index in [0.717, 1.165) is 0 Å². The predicted molar refractivity (Wildman–Crippen MR) is 56.9 cm³/mol. The van der Waals surface area contributed by atoms with Crippen LogP contribution in [0.25, 0.3) is 10.8 Å². The Labute approximate surface area is 90.7 Å². The van der Waals surface area contributed by atoms with Gasteiger partial charge in [-0.15, -0.1) is 0 Å². The molecule has 15 heavy (non-hydrogen) atoms. The van der Waals surface area contributed by atoms with Gasteiger partial charge in [0.05, 0.1) is 4.90 Å². The lowest BCUT2D eigenvalue weighted by molar-refractivity contribution is 0.610. The number of fused-ring (bicyclic) bond motifs is 1. The standard InChI is InChI=1S/C10H6ClFO2S/c11-15(13,14)10-6-2-3-7-8(10)4-1-5-9(7)12/h1-6H. The predicted octanol–water partition coefficient (Wildman–Crippen LogP) is 2.91. The molecule has 2 rings (SSSR count). The third kappa shape index (κ3) is 1.82. The summed E-state index contributed by atoms with van der Waals surface area (Å²) in [6.45, 7) is 0. The van der Waals surface area contributed by atoms with Crippen molar-refractivity contribution >= 4 is 30.5 Å². The molecule has 0 bridgehead atoms. The largest absolute Gasteiger partial charge is 0.261 e. The molecule has 2 aromatic rings. The number of hydrogen-bond acceptors (Lipinski definition) is 2. The molecule has 0 aromatic heterocycles. The van der Waals surface area contributed by atoms with Crippen molar-refractivity contribution in [3.05, 3.63) is 42.2 Å². The van der Waals surface area contributed by atoms with Crippen molar-refractivity contribution in [3.8, 4) is 0 Å². The third-order valence-electron chi connectivity index (χ3n) is 2.09. The molecule has 0 spiro atoms. The molecule has 0 fully saturated rings. The quantitative estimate of drug-likeness (QED) is 0.723. The highest BCUT2D eigenvalue weighted by atomic mass is 35.7. The number of benzene rings is 2. The molecule has 2 aromatic carbocycles. The van der Waals surface area contributed by atoms with E-state index in [1.165, 1.54) is 36.4 Å². The van der Waals surface area contributed by atoms with Crippen molar-refractivity contribution in [3.63, 3.8) is 0 Å². The van der Waals surface area contributed by atoms with Gasteiger partial charge < -0.3 is 0 Å². The van der Waals surface area contributed by atoms with E-state index in [4.69, 9.17) is 10.7 Å². The zero-order valence-electron chi connectivity index (χ0n) is 7.44. The van der Waals surface area contributed by atoms with E-state index in [2.05, 4.69) is 0 Å². The van der Waals surface area contributed by atoms with E-state index >= 15 is 0 Å². The van der Waals surface area contributed by atoms with Crippen LogP contribution in [0.5, 0.6) is 0 Å². The maximum atomic E-state index is 13.3. The Morgan fingerprint density at radius 3 is 2.27 bits per heavy atom. The second kappa shape index (κ2) is 3.47. The molecule has 0 N–H and O–H groups in total. The summed E-state index contributed by atoms with van der Waals surface area (Å²) in [5.41, 5.74) is 0. The summed E-state index contributed by atoms with van der Waals surface area (Å²) >= 11 is 0. The van der Waals surface area contributed by atoms with Gasteiger partial charge >= 0.3 is 0 Å². The van der Waals surface area contributed by atoms with Crippen LogP contribution in [0.3, 0.4) is 0 Å². The van der Waals surface area contributed by atoms with Crippen LogP contribution in [-0.2, 0) is 9.05 Å². The normalized spacial score (nSPS) is 11.9. The van der Waals surface area contributed by atoms with Gasteiger partial charge in [0.15, 0.2) is 0 Å². The van der Waals surface area contributed by atoms with E-state index in [1.54, 1.807) is 0 Å². The van der Waals surface area contributed by atoms with Crippen LogP contribution in [0.2, 0.25) is 0 Å². The van der Waals surface area contributed by atoms with Gasteiger partial charge in [-0.2, -0.15) is 0 Å². The van der Waals surface area contributed by atoms with Gasteiger partial charge in [-0.05, 0) is 12.1 Å². The molecule has 5 heteroatoms. The monoisotopic (exact) mass is 244 g/mol. The average Bonchev–Trinajstić information content (AvgIpc) is 2.16. The zero-order valence-corrected chi connectivity index (χ0v) is 9.02. The first-order valence-corrected chi connectivity index (χ1v) is 6.43. The summed E-state index contributed by atoms with van der Waals surface area (Å²) in [6.07, 6.45) is 0. The SMILES string of the molecule is O=S(=O)(Cl)c1cccc2c(F)cccc12. The Hall–Kier alpha value is -1.13. The van der Waals surface area contributed by atoms with Crippen LogP contribution < -0.4 is 0 Å². The molecule has 0 aliphatic rings. The van der Waals surface area contributed by atoms with Crippen LogP contribution in [0.1, 0.15) is 0 Å². The Morgan fingerprint density at radius 2 is 1.60 bits per heavy atom. The lowest BCUT2D eigenvalue weighted by atomic mass is 10.1. The number of halogens is 2. The molecule has 0 aliphatic heterocycles. The molecule has 0 aliphatic carbocycles. The highest BCUT2D eigenvalue weighted by molar-refractivity contribution is 8.14. The molecule has 0 heterocycles. The van der Waals surface area contributed by atoms with Crippen molar-refractivity contribution in [1.82, 2.24) is 0 Å². The smallest absolute Gasteiger partial charge is 0.207 e. The summed E-state index contributed by atoms with van der Waals surface area (Å²) in [7, 11) is 1.40. The Balaban J connectivity index is 2.96. The number of hydrogen-bond donors (Lipinski definition) is 0. The summed E-state index contributed by atoms with van der Waals surface area (Å²) in [4.78, 5) is -0.0684. The van der Waals surface area contributed by atoms with Gasteiger partial charge in [-0.1, -0.05) is 24.3 Å². The van der Waals surface area contributed by atoms with Gasteiger partial charge in [0, 0.05) is 21.5 Å². The molecular formula is C10H6ClFO2S. The minimum atomic E-state index is -3.84. The van der Waals surface area contributed by atoms with Gasteiger partial charge in [-0.3, -0.25) is 0 Å². The topological polar surface area (TPSA) is 34.1 Å². The van der Waals surface area contributed by atoms with E-state index in [1.807, 2.05) is 0 Å². The van der Waals surface area contributed by atoms with Crippen LogP contribution in [0.4, 0.5) is 4.39 Å². The van der Waals surface area contributed by atoms with Crippen molar-refractivity contribution in [2.45, 2.75) is 4.90 Å². The van der Waals surface area contributed by atoms with Gasteiger partial charge in [-0.25, -0.2) is 12.8 Å². The summed E-state index contributed by atoms with van der Waals surface area (Å²) < 4.78 is 35.7. The summed E-state index contributed by atoms with van der Waals surface area (Å²) in [5.74, 6) is -0.463. The van der Waals surface area contributed by atoms with Crippen molar-refractivity contribution in [2.24, 2.45) is 0 Å². The first kappa shape index (κ1) is 10.4. The van der Waals surface area contributed by atoms with Crippen LogP contribution in [0, 0.1) is 5.82 Å². The first-order valence-electron chi connectivity index (χ1n) is 4.12. The Morgan fingerprint density at radius 1 is 1.00 bits per heavy atom. The molecule has 0 amide bonds. The molecule has 0 saturated heterocycles. The zero-order chi connectivity index (χ0) is 11.1. The summed E-state index contributed by atoms with van der Waals surface area (Å²) in [6, 6.07) is 8.56. The minimum absolute atomic E-state index is 0.0684.